The van der Waals surface area contributed by atoms with Gasteiger partial charge < -0.3 is 14.8 Å². The van der Waals surface area contributed by atoms with Crippen LogP contribution in [0.25, 0.3) is 5.82 Å². The van der Waals surface area contributed by atoms with E-state index < -0.39 is 0 Å². The van der Waals surface area contributed by atoms with Gasteiger partial charge in [0, 0.05) is 18.0 Å². The van der Waals surface area contributed by atoms with E-state index in [1.165, 1.54) is 6.20 Å². The van der Waals surface area contributed by atoms with Crippen molar-refractivity contribution >= 4 is 11.6 Å². The van der Waals surface area contributed by atoms with Crippen molar-refractivity contribution in [3.63, 3.8) is 0 Å². The topological polar surface area (TPSA) is 78.3 Å². The molecule has 0 fully saturated rings. The van der Waals surface area contributed by atoms with Gasteiger partial charge in [-0.2, -0.15) is 5.10 Å². The van der Waals surface area contributed by atoms with Crippen molar-refractivity contribution in [2.45, 2.75) is 6.92 Å². The number of nitrogens with zero attached hydrogens (tertiary/aromatic N) is 3. The van der Waals surface area contributed by atoms with Crippen LogP contribution >= 0.6 is 0 Å². The molecule has 0 atom stereocenters. The number of aromatic nitrogens is 3. The molecule has 3 aromatic rings. The maximum atomic E-state index is 12.6. The Morgan fingerprint density at radius 2 is 1.92 bits per heavy atom. The third-order valence-corrected chi connectivity index (χ3v) is 3.76. The molecule has 0 bridgehead atoms. The Morgan fingerprint density at radius 1 is 1.12 bits per heavy atom. The monoisotopic (exact) mass is 338 g/mol. The number of hydrogen-bond acceptors (Lipinski definition) is 5. The number of carbonyl (C=O) groups is 1. The summed E-state index contributed by atoms with van der Waals surface area (Å²) in [5.41, 5.74) is 1.78. The number of ether oxygens (including phenoxy) is 2. The summed E-state index contributed by atoms with van der Waals surface area (Å²) >= 11 is 0. The lowest BCUT2D eigenvalue weighted by Crippen LogP contribution is -2.13. The Bertz CT molecular complexity index is 891. The minimum Gasteiger partial charge on any atom is -0.493 e. The Kier molecular flexibility index (Phi) is 4.65. The van der Waals surface area contributed by atoms with Crippen LogP contribution in [0.2, 0.25) is 0 Å². The number of anilines is 1. The first-order valence-electron chi connectivity index (χ1n) is 7.63. The summed E-state index contributed by atoms with van der Waals surface area (Å²) in [5, 5.41) is 7.10. The number of rotatable bonds is 5. The van der Waals surface area contributed by atoms with E-state index in [1.54, 1.807) is 43.3 Å². The molecule has 2 aromatic heterocycles. The molecule has 25 heavy (non-hydrogen) atoms. The molecule has 7 nitrogen and oxygen atoms in total. The van der Waals surface area contributed by atoms with E-state index in [0.29, 0.717) is 34.3 Å². The summed E-state index contributed by atoms with van der Waals surface area (Å²) in [6.45, 7) is 1.82. The standard InChI is InChI=1S/C18H18N4O3/c1-12-14(11-20-22(12)17-6-4-5-9-19-17)18(23)21-13-7-8-15(24-2)16(10-13)25-3/h4-11H,1-3H3,(H,21,23). The molecule has 0 radical (unpaired) electrons. The van der Waals surface area contributed by atoms with Gasteiger partial charge in [0.25, 0.3) is 5.91 Å². The summed E-state index contributed by atoms with van der Waals surface area (Å²) in [4.78, 5) is 16.8. The first-order valence-corrected chi connectivity index (χ1v) is 7.63. The van der Waals surface area contributed by atoms with Gasteiger partial charge in [-0.3, -0.25) is 4.79 Å². The highest BCUT2D eigenvalue weighted by Crippen LogP contribution is 2.30. The molecule has 2 heterocycles. The van der Waals surface area contributed by atoms with Crippen LogP contribution in [-0.4, -0.2) is 34.9 Å². The minimum absolute atomic E-state index is 0.257. The van der Waals surface area contributed by atoms with E-state index in [-0.39, 0.29) is 5.91 Å². The molecule has 0 aliphatic carbocycles. The van der Waals surface area contributed by atoms with E-state index in [2.05, 4.69) is 15.4 Å². The van der Waals surface area contributed by atoms with Crippen LogP contribution < -0.4 is 14.8 Å². The number of nitrogens with one attached hydrogen (secondary N) is 1. The number of pyridine rings is 1. The van der Waals surface area contributed by atoms with Crippen LogP contribution in [0.5, 0.6) is 11.5 Å². The highest BCUT2D eigenvalue weighted by molar-refractivity contribution is 6.05. The number of carbonyl (C=O) groups excluding carboxylic acids is 1. The van der Waals surface area contributed by atoms with E-state index in [9.17, 15) is 4.79 Å². The molecule has 1 aromatic carbocycles. The van der Waals surface area contributed by atoms with Crippen molar-refractivity contribution in [3.05, 3.63) is 60.0 Å². The van der Waals surface area contributed by atoms with Crippen molar-refractivity contribution in [2.24, 2.45) is 0 Å². The Hall–Kier alpha value is -3.35. The molecule has 1 amide bonds. The zero-order chi connectivity index (χ0) is 17.8. The third-order valence-electron chi connectivity index (χ3n) is 3.76. The van der Waals surface area contributed by atoms with Crippen LogP contribution in [0.1, 0.15) is 16.1 Å². The first-order chi connectivity index (χ1) is 12.1. The van der Waals surface area contributed by atoms with Gasteiger partial charge in [0.1, 0.15) is 0 Å². The van der Waals surface area contributed by atoms with E-state index in [4.69, 9.17) is 9.47 Å². The van der Waals surface area contributed by atoms with Gasteiger partial charge in [-0.15, -0.1) is 0 Å². The second-order valence-corrected chi connectivity index (χ2v) is 5.27. The average Bonchev–Trinajstić information content (AvgIpc) is 3.03. The second kappa shape index (κ2) is 7.04. The number of hydrogen-bond donors (Lipinski definition) is 1. The van der Waals surface area contributed by atoms with Crippen molar-refractivity contribution < 1.29 is 14.3 Å². The van der Waals surface area contributed by atoms with Gasteiger partial charge in [-0.05, 0) is 31.2 Å². The molecular weight excluding hydrogens is 320 g/mol. The molecule has 0 aliphatic heterocycles. The van der Waals surface area contributed by atoms with Gasteiger partial charge in [0.15, 0.2) is 17.3 Å². The smallest absolute Gasteiger partial charge is 0.259 e. The molecule has 0 aliphatic rings. The van der Waals surface area contributed by atoms with Gasteiger partial charge >= 0.3 is 0 Å². The van der Waals surface area contributed by atoms with Crippen LogP contribution in [0.4, 0.5) is 5.69 Å². The Labute approximate surface area is 145 Å². The molecule has 0 saturated carbocycles. The lowest BCUT2D eigenvalue weighted by atomic mass is 10.2. The lowest BCUT2D eigenvalue weighted by Gasteiger charge is -2.10. The zero-order valence-electron chi connectivity index (χ0n) is 14.2. The van der Waals surface area contributed by atoms with Crippen LogP contribution in [0.3, 0.4) is 0 Å². The zero-order valence-corrected chi connectivity index (χ0v) is 14.2. The fourth-order valence-corrected chi connectivity index (χ4v) is 2.45. The molecule has 0 saturated heterocycles. The lowest BCUT2D eigenvalue weighted by molar-refractivity contribution is 0.102. The molecule has 3 rings (SSSR count). The maximum Gasteiger partial charge on any atom is 0.259 e. The summed E-state index contributed by atoms with van der Waals surface area (Å²) < 4.78 is 12.1. The summed E-state index contributed by atoms with van der Waals surface area (Å²) in [7, 11) is 3.11. The van der Waals surface area contributed by atoms with Gasteiger partial charge in [-0.1, -0.05) is 6.07 Å². The van der Waals surface area contributed by atoms with Gasteiger partial charge in [0.05, 0.1) is 31.7 Å². The molecule has 0 spiro atoms. The highest BCUT2D eigenvalue weighted by Gasteiger charge is 2.16. The quantitative estimate of drug-likeness (QED) is 0.774. The predicted molar refractivity (Wildman–Crippen MR) is 93.6 cm³/mol. The fraction of sp³-hybridized carbons (Fsp3) is 0.167. The Balaban J connectivity index is 1.84. The summed E-state index contributed by atoms with van der Waals surface area (Å²) in [6.07, 6.45) is 3.21. The van der Waals surface area contributed by atoms with E-state index in [0.717, 1.165) is 0 Å². The van der Waals surface area contributed by atoms with Crippen LogP contribution in [0.15, 0.2) is 48.8 Å². The van der Waals surface area contributed by atoms with E-state index in [1.807, 2.05) is 25.1 Å². The van der Waals surface area contributed by atoms with Gasteiger partial charge in [-0.25, -0.2) is 9.67 Å². The Morgan fingerprint density at radius 3 is 2.60 bits per heavy atom. The van der Waals surface area contributed by atoms with Crippen LogP contribution in [-0.2, 0) is 0 Å². The highest BCUT2D eigenvalue weighted by atomic mass is 16.5. The number of methoxy groups -OCH3 is 2. The average molecular weight is 338 g/mol. The van der Waals surface area contributed by atoms with Gasteiger partial charge in [0.2, 0.25) is 0 Å². The minimum atomic E-state index is -0.257. The normalized spacial score (nSPS) is 10.4. The molecule has 0 unspecified atom stereocenters. The molecule has 1 N–H and O–H groups in total. The summed E-state index contributed by atoms with van der Waals surface area (Å²) in [5.74, 6) is 1.54. The number of benzene rings is 1. The van der Waals surface area contributed by atoms with E-state index >= 15 is 0 Å². The first kappa shape index (κ1) is 16.5. The van der Waals surface area contributed by atoms with Crippen molar-refractivity contribution in [1.82, 2.24) is 14.8 Å². The molecule has 7 heteroatoms. The molecule has 128 valence electrons. The van der Waals surface area contributed by atoms with Crippen molar-refractivity contribution in [3.8, 4) is 17.3 Å². The van der Waals surface area contributed by atoms with Crippen molar-refractivity contribution in [1.29, 1.82) is 0 Å². The largest absolute Gasteiger partial charge is 0.493 e. The fourth-order valence-electron chi connectivity index (χ4n) is 2.45. The maximum absolute atomic E-state index is 12.6. The SMILES string of the molecule is COc1ccc(NC(=O)c2cnn(-c3ccccn3)c2C)cc1OC. The third kappa shape index (κ3) is 3.30. The predicted octanol–water partition coefficient (Wildman–Crippen LogP) is 2.85. The number of amides is 1. The molecular formula is C18H18N4O3. The van der Waals surface area contributed by atoms with Crippen molar-refractivity contribution in [2.75, 3.05) is 19.5 Å². The summed E-state index contributed by atoms with van der Waals surface area (Å²) in [6, 6.07) is 10.7. The second-order valence-electron chi connectivity index (χ2n) is 5.27. The van der Waals surface area contributed by atoms with Crippen LogP contribution in [0, 0.1) is 6.92 Å².